The molecule has 0 aliphatic carbocycles. The molecule has 1 aromatic heterocycles. The summed E-state index contributed by atoms with van der Waals surface area (Å²) in [5.41, 5.74) is 3.90. The molecule has 2 amide bonds. The normalized spacial score (nSPS) is 14.5. The molecule has 0 bridgehead atoms. The number of pyridine rings is 1. The van der Waals surface area contributed by atoms with Crippen molar-refractivity contribution in [2.24, 2.45) is 0 Å². The Hall–Kier alpha value is -4.63. The number of anilines is 3. The zero-order chi connectivity index (χ0) is 29.1. The first kappa shape index (κ1) is 27.5. The highest BCUT2D eigenvalue weighted by Gasteiger charge is 2.17. The molecule has 0 spiro atoms. The number of amides is 2. The van der Waals surface area contributed by atoms with Crippen LogP contribution in [0.4, 0.5) is 17.2 Å². The number of nitrogens with one attached hydrogen (secondary N) is 2. The van der Waals surface area contributed by atoms with Gasteiger partial charge in [0.15, 0.2) is 11.5 Å². The van der Waals surface area contributed by atoms with E-state index < -0.39 is 0 Å². The number of ether oxygens (including phenoxy) is 2. The summed E-state index contributed by atoms with van der Waals surface area (Å²) in [6.07, 6.45) is 2.58. The van der Waals surface area contributed by atoms with Crippen LogP contribution in [0.15, 0.2) is 66.7 Å². The highest BCUT2D eigenvalue weighted by molar-refractivity contribution is 6.08. The van der Waals surface area contributed by atoms with E-state index in [9.17, 15) is 9.59 Å². The number of aromatic nitrogens is 1. The summed E-state index contributed by atoms with van der Waals surface area (Å²) in [5.74, 6) is 1.59. The van der Waals surface area contributed by atoms with E-state index in [4.69, 9.17) is 14.5 Å². The molecule has 1 saturated heterocycles. The number of hydrogen-bond donors (Lipinski definition) is 2. The van der Waals surface area contributed by atoms with Crippen LogP contribution < -0.4 is 25.0 Å². The van der Waals surface area contributed by atoms with E-state index in [1.54, 1.807) is 30.3 Å². The topological polar surface area (TPSA) is 96.0 Å². The van der Waals surface area contributed by atoms with Gasteiger partial charge in [-0.25, -0.2) is 4.98 Å². The fourth-order valence-electron chi connectivity index (χ4n) is 5.30. The van der Waals surface area contributed by atoms with Gasteiger partial charge in [-0.05, 0) is 99.1 Å². The van der Waals surface area contributed by atoms with Gasteiger partial charge in [-0.1, -0.05) is 6.07 Å². The number of fused-ring (bicyclic) bond motifs is 2. The number of hydrogen-bond acceptors (Lipinski definition) is 7. The van der Waals surface area contributed by atoms with Crippen molar-refractivity contribution in [3.8, 4) is 11.5 Å². The van der Waals surface area contributed by atoms with Gasteiger partial charge in [-0.15, -0.1) is 0 Å². The molecule has 2 aliphatic heterocycles. The van der Waals surface area contributed by atoms with Crippen molar-refractivity contribution in [3.63, 3.8) is 0 Å². The van der Waals surface area contributed by atoms with Gasteiger partial charge in [0.05, 0.1) is 5.52 Å². The second-order valence-electron chi connectivity index (χ2n) is 10.8. The van der Waals surface area contributed by atoms with Crippen molar-refractivity contribution in [1.29, 1.82) is 0 Å². The first-order valence-electron chi connectivity index (χ1n) is 14.4. The van der Waals surface area contributed by atoms with Crippen LogP contribution >= 0.6 is 0 Å². The van der Waals surface area contributed by atoms with Crippen LogP contribution in [0.25, 0.3) is 10.9 Å². The van der Waals surface area contributed by atoms with Crippen LogP contribution in [0, 0.1) is 6.92 Å². The molecule has 0 atom stereocenters. The lowest BCUT2D eigenvalue weighted by molar-refractivity contribution is 0.101. The Bertz CT molecular complexity index is 1630. The molecule has 2 N–H and O–H groups in total. The van der Waals surface area contributed by atoms with E-state index in [1.165, 1.54) is 25.9 Å². The summed E-state index contributed by atoms with van der Waals surface area (Å²) in [4.78, 5) is 35.7. The molecule has 4 aromatic rings. The third-order valence-corrected chi connectivity index (χ3v) is 7.83. The number of likely N-dealkylation sites (N-methyl/N-ethyl adjacent to an activating group) is 1. The molecular formula is C33H35N5O4. The Morgan fingerprint density at radius 1 is 0.857 bits per heavy atom. The Morgan fingerprint density at radius 3 is 2.43 bits per heavy atom. The molecule has 0 saturated carbocycles. The van der Waals surface area contributed by atoms with Crippen molar-refractivity contribution in [2.45, 2.75) is 19.8 Å². The third kappa shape index (κ3) is 6.16. The van der Waals surface area contributed by atoms with Crippen LogP contribution in [0.1, 0.15) is 39.1 Å². The van der Waals surface area contributed by atoms with Gasteiger partial charge in [-0.3, -0.25) is 9.59 Å². The van der Waals surface area contributed by atoms with E-state index in [1.807, 2.05) is 43.3 Å². The lowest BCUT2D eigenvalue weighted by Gasteiger charge is -2.22. The van der Waals surface area contributed by atoms with Crippen LogP contribution in [0.2, 0.25) is 0 Å². The van der Waals surface area contributed by atoms with Crippen LogP contribution in [0.5, 0.6) is 11.5 Å². The molecule has 9 nitrogen and oxygen atoms in total. The second-order valence-corrected chi connectivity index (χ2v) is 10.8. The molecular weight excluding hydrogens is 530 g/mol. The molecule has 9 heteroatoms. The average molecular weight is 566 g/mol. The van der Waals surface area contributed by atoms with E-state index in [2.05, 4.69) is 27.5 Å². The fraction of sp³-hybridized carbons (Fsp3) is 0.303. The molecule has 0 radical (unpaired) electrons. The van der Waals surface area contributed by atoms with E-state index >= 15 is 0 Å². The van der Waals surface area contributed by atoms with Gasteiger partial charge in [0.25, 0.3) is 11.8 Å². The molecule has 3 aromatic carbocycles. The first-order chi connectivity index (χ1) is 20.4. The van der Waals surface area contributed by atoms with Crippen molar-refractivity contribution < 1.29 is 19.1 Å². The van der Waals surface area contributed by atoms with Crippen LogP contribution in [-0.2, 0) is 0 Å². The maximum absolute atomic E-state index is 13.2. The number of nitrogens with zero attached hydrogens (tertiary/aromatic N) is 3. The molecule has 42 heavy (non-hydrogen) atoms. The zero-order valence-corrected chi connectivity index (χ0v) is 24.0. The largest absolute Gasteiger partial charge is 0.486 e. The number of carbonyl (C=O) groups excluding carboxylic acids is 2. The molecule has 6 rings (SSSR count). The summed E-state index contributed by atoms with van der Waals surface area (Å²) in [6, 6.07) is 20.1. The van der Waals surface area contributed by atoms with Gasteiger partial charge < -0.3 is 29.9 Å². The van der Waals surface area contributed by atoms with E-state index in [-0.39, 0.29) is 11.8 Å². The summed E-state index contributed by atoms with van der Waals surface area (Å²) in [5, 5.41) is 6.81. The average Bonchev–Trinajstić information content (AvgIpc) is 3.54. The Kier molecular flexibility index (Phi) is 7.92. The minimum Gasteiger partial charge on any atom is -0.486 e. The smallest absolute Gasteiger partial charge is 0.255 e. The number of aryl methyl sites for hydroxylation is 1. The zero-order valence-electron chi connectivity index (χ0n) is 24.0. The van der Waals surface area contributed by atoms with Gasteiger partial charge in [0.1, 0.15) is 19.0 Å². The maximum atomic E-state index is 13.2. The molecule has 2 aliphatic rings. The third-order valence-electron chi connectivity index (χ3n) is 7.83. The lowest BCUT2D eigenvalue weighted by Crippen LogP contribution is -2.31. The second kappa shape index (κ2) is 12.1. The Morgan fingerprint density at radius 2 is 1.60 bits per heavy atom. The summed E-state index contributed by atoms with van der Waals surface area (Å²) in [6.45, 7) is 7.18. The quantitative estimate of drug-likeness (QED) is 0.297. The molecule has 216 valence electrons. The van der Waals surface area contributed by atoms with Gasteiger partial charge >= 0.3 is 0 Å². The van der Waals surface area contributed by atoms with Crippen LogP contribution in [0.3, 0.4) is 0 Å². The number of carbonyl (C=O) groups is 2. The number of likely N-dealkylation sites (tertiary alicyclic amines) is 1. The van der Waals surface area contributed by atoms with E-state index in [0.29, 0.717) is 47.2 Å². The van der Waals surface area contributed by atoms with Crippen molar-refractivity contribution in [2.75, 3.05) is 62.0 Å². The van der Waals surface area contributed by atoms with Crippen LogP contribution in [-0.4, -0.2) is 68.1 Å². The van der Waals surface area contributed by atoms with Gasteiger partial charge in [0.2, 0.25) is 0 Å². The summed E-state index contributed by atoms with van der Waals surface area (Å²) in [7, 11) is 2.07. The number of benzene rings is 3. The maximum Gasteiger partial charge on any atom is 0.255 e. The van der Waals surface area contributed by atoms with Gasteiger partial charge in [-0.2, -0.15) is 0 Å². The van der Waals surface area contributed by atoms with Crippen molar-refractivity contribution in [3.05, 3.63) is 83.4 Å². The monoisotopic (exact) mass is 565 g/mol. The van der Waals surface area contributed by atoms with Gasteiger partial charge in [0, 0.05) is 48.0 Å². The first-order valence-corrected chi connectivity index (χ1v) is 14.4. The fourth-order valence-corrected chi connectivity index (χ4v) is 5.30. The lowest BCUT2D eigenvalue weighted by atomic mass is 10.1. The predicted octanol–water partition coefficient (Wildman–Crippen LogP) is 5.35. The van der Waals surface area contributed by atoms with Crippen molar-refractivity contribution >= 4 is 39.9 Å². The molecule has 0 unspecified atom stereocenters. The standard InChI is InChI=1S/C33H35N5O4/c1-22-5-9-26(34-32(39)25-7-11-29-30(20-25)42-18-17-41-29)21-28(22)36-33(40)24-6-10-27-23(19-24)8-12-31(35-27)37(2)15-16-38-13-3-4-14-38/h5-12,19-21H,3-4,13-18H2,1-2H3,(H,34,39)(H,36,40). The predicted molar refractivity (Wildman–Crippen MR) is 165 cm³/mol. The molecule has 3 heterocycles. The highest BCUT2D eigenvalue weighted by atomic mass is 16.6. The summed E-state index contributed by atoms with van der Waals surface area (Å²) < 4.78 is 11.1. The summed E-state index contributed by atoms with van der Waals surface area (Å²) >= 11 is 0. The van der Waals surface area contributed by atoms with Crippen molar-refractivity contribution in [1.82, 2.24) is 9.88 Å². The number of rotatable bonds is 8. The minimum absolute atomic E-state index is 0.234. The van der Waals surface area contributed by atoms with E-state index in [0.717, 1.165) is 35.4 Å². The highest BCUT2D eigenvalue weighted by Crippen LogP contribution is 2.31. The molecule has 1 fully saturated rings. The minimum atomic E-state index is -0.281. The SMILES string of the molecule is Cc1ccc(NC(=O)c2ccc3c(c2)OCCO3)cc1NC(=O)c1ccc2nc(N(C)CCN3CCCC3)ccc2c1. The Balaban J connectivity index is 1.11. The Labute approximate surface area is 245 Å².